The molecule has 2 nitrogen and oxygen atoms in total. The third-order valence-corrected chi connectivity index (χ3v) is 3.89. The monoisotopic (exact) mass is 213 g/mol. The van der Waals surface area contributed by atoms with Gasteiger partial charge in [0.05, 0.1) is 0 Å². The molecule has 90 valence electrons. The molecule has 1 rings (SSSR count). The van der Waals surface area contributed by atoms with Crippen molar-refractivity contribution in [3.05, 3.63) is 0 Å². The minimum absolute atomic E-state index is 0.334. The van der Waals surface area contributed by atoms with Gasteiger partial charge in [0, 0.05) is 12.6 Å². The van der Waals surface area contributed by atoms with Crippen molar-refractivity contribution in [3.63, 3.8) is 0 Å². The van der Waals surface area contributed by atoms with E-state index in [2.05, 4.69) is 19.2 Å². The molecule has 1 aliphatic rings. The zero-order valence-corrected chi connectivity index (χ0v) is 10.3. The zero-order chi connectivity index (χ0) is 11.1. The summed E-state index contributed by atoms with van der Waals surface area (Å²) in [7, 11) is 0. The van der Waals surface area contributed by atoms with Gasteiger partial charge in [0.25, 0.3) is 0 Å². The molecule has 0 aromatic heterocycles. The van der Waals surface area contributed by atoms with E-state index in [1.54, 1.807) is 0 Å². The third-order valence-electron chi connectivity index (χ3n) is 3.89. The minimum Gasteiger partial charge on any atom is -0.396 e. The standard InChI is InChI=1S/C13H27NO/c1-3-12(8-9-15)10-14-13-7-5-4-6-11(13)2/h11-15H,3-10H2,1-2H3. The van der Waals surface area contributed by atoms with E-state index in [0.29, 0.717) is 12.5 Å². The van der Waals surface area contributed by atoms with Crippen LogP contribution in [-0.2, 0) is 0 Å². The molecule has 0 spiro atoms. The van der Waals surface area contributed by atoms with Crippen LogP contribution in [0.1, 0.15) is 52.4 Å². The molecule has 2 heteroatoms. The Morgan fingerprint density at radius 2 is 2.07 bits per heavy atom. The molecular weight excluding hydrogens is 186 g/mol. The summed E-state index contributed by atoms with van der Waals surface area (Å²) in [6.45, 7) is 6.00. The molecule has 3 atom stereocenters. The number of hydrogen-bond donors (Lipinski definition) is 2. The first kappa shape index (κ1) is 13.0. The van der Waals surface area contributed by atoms with E-state index in [1.807, 2.05) is 0 Å². The smallest absolute Gasteiger partial charge is 0.0434 e. The molecule has 1 aliphatic carbocycles. The van der Waals surface area contributed by atoms with Crippen molar-refractivity contribution in [2.75, 3.05) is 13.2 Å². The molecule has 0 bridgehead atoms. The van der Waals surface area contributed by atoms with Crippen molar-refractivity contribution in [1.29, 1.82) is 0 Å². The van der Waals surface area contributed by atoms with Crippen molar-refractivity contribution < 1.29 is 5.11 Å². The van der Waals surface area contributed by atoms with Crippen LogP contribution in [0, 0.1) is 11.8 Å². The minimum atomic E-state index is 0.334. The fourth-order valence-electron chi connectivity index (χ4n) is 2.57. The topological polar surface area (TPSA) is 32.3 Å². The van der Waals surface area contributed by atoms with Crippen LogP contribution in [0.2, 0.25) is 0 Å². The number of nitrogens with one attached hydrogen (secondary N) is 1. The second-order valence-corrected chi connectivity index (χ2v) is 5.06. The van der Waals surface area contributed by atoms with Gasteiger partial charge in [-0.05, 0) is 37.6 Å². The summed E-state index contributed by atoms with van der Waals surface area (Å²) in [5.74, 6) is 1.49. The fourth-order valence-corrected chi connectivity index (χ4v) is 2.57. The summed E-state index contributed by atoms with van der Waals surface area (Å²) in [4.78, 5) is 0. The lowest BCUT2D eigenvalue weighted by molar-refractivity contribution is 0.230. The van der Waals surface area contributed by atoms with E-state index >= 15 is 0 Å². The molecule has 0 amide bonds. The fraction of sp³-hybridized carbons (Fsp3) is 1.00. The maximum atomic E-state index is 8.93. The summed E-state index contributed by atoms with van der Waals surface area (Å²) in [6.07, 6.45) is 7.65. The normalized spacial score (nSPS) is 29.0. The number of hydrogen-bond acceptors (Lipinski definition) is 2. The van der Waals surface area contributed by atoms with Gasteiger partial charge in [-0.25, -0.2) is 0 Å². The van der Waals surface area contributed by atoms with E-state index in [-0.39, 0.29) is 0 Å². The lowest BCUT2D eigenvalue weighted by Gasteiger charge is -2.31. The molecule has 0 aromatic rings. The first-order valence-electron chi connectivity index (χ1n) is 6.62. The third kappa shape index (κ3) is 4.52. The first-order chi connectivity index (χ1) is 7.27. The highest BCUT2D eigenvalue weighted by atomic mass is 16.3. The highest BCUT2D eigenvalue weighted by Gasteiger charge is 2.21. The summed E-state index contributed by atoms with van der Waals surface area (Å²) in [5.41, 5.74) is 0. The molecular formula is C13H27NO. The average Bonchev–Trinajstić information content (AvgIpc) is 2.26. The summed E-state index contributed by atoms with van der Waals surface area (Å²) < 4.78 is 0. The second kappa shape index (κ2) is 7.24. The van der Waals surface area contributed by atoms with E-state index < -0.39 is 0 Å². The molecule has 0 heterocycles. The predicted octanol–water partition coefficient (Wildman–Crippen LogP) is 2.56. The predicted molar refractivity (Wildman–Crippen MR) is 64.9 cm³/mol. The molecule has 0 aromatic carbocycles. The maximum absolute atomic E-state index is 8.93. The first-order valence-corrected chi connectivity index (χ1v) is 6.62. The molecule has 1 saturated carbocycles. The van der Waals surface area contributed by atoms with Gasteiger partial charge >= 0.3 is 0 Å². The van der Waals surface area contributed by atoms with Gasteiger partial charge in [-0.3, -0.25) is 0 Å². The highest BCUT2D eigenvalue weighted by Crippen LogP contribution is 2.24. The van der Waals surface area contributed by atoms with Crippen LogP contribution >= 0.6 is 0 Å². The number of aliphatic hydroxyl groups excluding tert-OH is 1. The van der Waals surface area contributed by atoms with Crippen molar-refractivity contribution in [1.82, 2.24) is 5.32 Å². The quantitative estimate of drug-likeness (QED) is 0.711. The van der Waals surface area contributed by atoms with Crippen molar-refractivity contribution in [3.8, 4) is 0 Å². The van der Waals surface area contributed by atoms with E-state index in [1.165, 1.54) is 32.1 Å². The van der Waals surface area contributed by atoms with E-state index in [0.717, 1.165) is 24.9 Å². The van der Waals surface area contributed by atoms with Gasteiger partial charge in [0.1, 0.15) is 0 Å². The zero-order valence-electron chi connectivity index (χ0n) is 10.3. The molecule has 3 unspecified atom stereocenters. The molecule has 0 radical (unpaired) electrons. The summed E-state index contributed by atoms with van der Waals surface area (Å²) in [5, 5.41) is 12.6. The van der Waals surface area contributed by atoms with Gasteiger partial charge in [-0.15, -0.1) is 0 Å². The lowest BCUT2D eigenvalue weighted by Crippen LogP contribution is -2.39. The van der Waals surface area contributed by atoms with Gasteiger partial charge < -0.3 is 10.4 Å². The van der Waals surface area contributed by atoms with Gasteiger partial charge in [-0.1, -0.05) is 33.1 Å². The van der Waals surface area contributed by atoms with Crippen LogP contribution < -0.4 is 5.32 Å². The van der Waals surface area contributed by atoms with Gasteiger partial charge in [0.15, 0.2) is 0 Å². The van der Waals surface area contributed by atoms with Crippen LogP contribution in [0.15, 0.2) is 0 Å². The Morgan fingerprint density at radius 3 is 2.67 bits per heavy atom. The SMILES string of the molecule is CCC(CCO)CNC1CCCCC1C. The Hall–Kier alpha value is -0.0800. The summed E-state index contributed by atoms with van der Waals surface area (Å²) >= 11 is 0. The molecule has 0 saturated heterocycles. The molecule has 2 N–H and O–H groups in total. The molecule has 1 fully saturated rings. The average molecular weight is 213 g/mol. The van der Waals surface area contributed by atoms with Crippen molar-refractivity contribution >= 4 is 0 Å². The summed E-state index contributed by atoms with van der Waals surface area (Å²) in [6, 6.07) is 0.728. The van der Waals surface area contributed by atoms with Crippen LogP contribution in [-0.4, -0.2) is 24.3 Å². The van der Waals surface area contributed by atoms with Gasteiger partial charge in [-0.2, -0.15) is 0 Å². The van der Waals surface area contributed by atoms with Crippen LogP contribution in [0.3, 0.4) is 0 Å². The maximum Gasteiger partial charge on any atom is 0.0434 e. The Balaban J connectivity index is 2.21. The highest BCUT2D eigenvalue weighted by molar-refractivity contribution is 4.78. The second-order valence-electron chi connectivity index (χ2n) is 5.06. The Labute approximate surface area is 94.5 Å². The van der Waals surface area contributed by atoms with Crippen LogP contribution in [0.5, 0.6) is 0 Å². The largest absolute Gasteiger partial charge is 0.396 e. The number of aliphatic hydroxyl groups is 1. The van der Waals surface area contributed by atoms with Crippen LogP contribution in [0.25, 0.3) is 0 Å². The molecule has 0 aliphatic heterocycles. The Morgan fingerprint density at radius 1 is 1.33 bits per heavy atom. The van der Waals surface area contributed by atoms with Crippen molar-refractivity contribution in [2.45, 2.75) is 58.4 Å². The van der Waals surface area contributed by atoms with E-state index in [4.69, 9.17) is 5.11 Å². The molecule has 15 heavy (non-hydrogen) atoms. The van der Waals surface area contributed by atoms with Crippen LogP contribution in [0.4, 0.5) is 0 Å². The lowest BCUT2D eigenvalue weighted by atomic mass is 9.85. The Kier molecular flexibility index (Phi) is 6.26. The van der Waals surface area contributed by atoms with Gasteiger partial charge in [0.2, 0.25) is 0 Å². The number of rotatable bonds is 6. The van der Waals surface area contributed by atoms with E-state index in [9.17, 15) is 0 Å². The van der Waals surface area contributed by atoms with Crippen molar-refractivity contribution in [2.24, 2.45) is 11.8 Å². The Bertz CT molecular complexity index is 161.